The van der Waals surface area contributed by atoms with E-state index in [2.05, 4.69) is 21.6 Å². The predicted octanol–water partition coefficient (Wildman–Crippen LogP) is 3.54. The number of nitrogens with zero attached hydrogens (tertiary/aromatic N) is 1. The molecule has 0 bridgehead atoms. The molecule has 7 heteroatoms. The zero-order valence-corrected chi connectivity index (χ0v) is 16.0. The smallest absolute Gasteiger partial charge is 0.319 e. The number of carbonyl (C=O) groups excluding carboxylic acids is 1. The van der Waals surface area contributed by atoms with Crippen LogP contribution < -0.4 is 15.4 Å². The number of benzene rings is 2. The molecule has 1 heterocycles. The van der Waals surface area contributed by atoms with E-state index in [9.17, 15) is 4.79 Å². The topological polar surface area (TPSA) is 62.8 Å². The van der Waals surface area contributed by atoms with Crippen LogP contribution in [-0.4, -0.2) is 50.9 Å². The summed E-state index contributed by atoms with van der Waals surface area (Å²) in [6.45, 7) is 3.51. The number of rotatable bonds is 6. The summed E-state index contributed by atoms with van der Waals surface area (Å²) in [5.74, 6) is 0.802. The number of hydrogen-bond donors (Lipinski definition) is 2. The Bertz CT molecular complexity index is 748. The van der Waals surface area contributed by atoms with Gasteiger partial charge in [-0.25, -0.2) is 4.79 Å². The van der Waals surface area contributed by atoms with Crippen LogP contribution in [0.5, 0.6) is 5.75 Å². The first-order valence-electron chi connectivity index (χ1n) is 8.92. The quantitative estimate of drug-likeness (QED) is 0.793. The van der Waals surface area contributed by atoms with Crippen molar-refractivity contribution >= 4 is 23.3 Å². The van der Waals surface area contributed by atoms with E-state index in [0.29, 0.717) is 30.5 Å². The number of morpholine rings is 1. The number of amides is 2. The highest BCUT2D eigenvalue weighted by Crippen LogP contribution is 2.25. The van der Waals surface area contributed by atoms with Gasteiger partial charge in [-0.1, -0.05) is 23.7 Å². The van der Waals surface area contributed by atoms with Crippen molar-refractivity contribution in [1.82, 2.24) is 10.2 Å². The van der Waals surface area contributed by atoms with E-state index in [1.54, 1.807) is 31.4 Å². The first kappa shape index (κ1) is 19.5. The SMILES string of the molecule is COc1cccc([C@H](CNC(=O)Nc2ccc(Cl)cc2)N2CCOCC2)c1. The van der Waals surface area contributed by atoms with Crippen molar-refractivity contribution in [2.75, 3.05) is 45.3 Å². The Balaban J connectivity index is 1.67. The molecule has 0 spiro atoms. The van der Waals surface area contributed by atoms with Crippen LogP contribution in [-0.2, 0) is 4.74 Å². The largest absolute Gasteiger partial charge is 0.497 e. The van der Waals surface area contributed by atoms with E-state index >= 15 is 0 Å². The summed E-state index contributed by atoms with van der Waals surface area (Å²) in [5, 5.41) is 6.43. The fraction of sp³-hybridized carbons (Fsp3) is 0.350. The number of carbonyl (C=O) groups is 1. The molecule has 1 aliphatic rings. The van der Waals surface area contributed by atoms with E-state index in [-0.39, 0.29) is 12.1 Å². The Labute approximate surface area is 164 Å². The minimum Gasteiger partial charge on any atom is -0.497 e. The van der Waals surface area contributed by atoms with Gasteiger partial charge in [0.15, 0.2) is 0 Å². The van der Waals surface area contributed by atoms with Gasteiger partial charge in [0, 0.05) is 30.3 Å². The summed E-state index contributed by atoms with van der Waals surface area (Å²) in [6.07, 6.45) is 0. The first-order valence-corrected chi connectivity index (χ1v) is 9.29. The molecule has 27 heavy (non-hydrogen) atoms. The zero-order valence-electron chi connectivity index (χ0n) is 15.3. The standard InChI is InChI=1S/C20H24ClN3O3/c1-26-18-4-2-3-15(13-18)19(24-9-11-27-12-10-24)14-22-20(25)23-17-7-5-16(21)6-8-17/h2-8,13,19H,9-12,14H2,1H3,(H2,22,23,25)/t19-/m0/s1. The maximum absolute atomic E-state index is 12.3. The Morgan fingerprint density at radius 1 is 1.22 bits per heavy atom. The Morgan fingerprint density at radius 2 is 1.96 bits per heavy atom. The molecular formula is C20H24ClN3O3. The predicted molar refractivity (Wildman–Crippen MR) is 107 cm³/mol. The molecule has 1 atom stereocenters. The molecule has 0 radical (unpaired) electrons. The minimum atomic E-state index is -0.251. The summed E-state index contributed by atoms with van der Waals surface area (Å²) >= 11 is 5.88. The van der Waals surface area contributed by atoms with E-state index in [4.69, 9.17) is 21.1 Å². The van der Waals surface area contributed by atoms with E-state index in [1.165, 1.54) is 0 Å². The van der Waals surface area contributed by atoms with Crippen molar-refractivity contribution in [3.05, 3.63) is 59.1 Å². The lowest BCUT2D eigenvalue weighted by molar-refractivity contribution is 0.0167. The van der Waals surface area contributed by atoms with Gasteiger partial charge in [-0.2, -0.15) is 0 Å². The summed E-state index contributed by atoms with van der Waals surface area (Å²) in [7, 11) is 1.65. The van der Waals surface area contributed by atoms with Crippen LogP contribution in [0.15, 0.2) is 48.5 Å². The molecule has 2 aromatic rings. The monoisotopic (exact) mass is 389 g/mol. The molecule has 0 unspecified atom stereocenters. The van der Waals surface area contributed by atoms with Crippen LogP contribution in [0.2, 0.25) is 5.02 Å². The van der Waals surface area contributed by atoms with Crippen LogP contribution in [0.25, 0.3) is 0 Å². The summed E-state index contributed by atoms with van der Waals surface area (Å²) < 4.78 is 10.8. The van der Waals surface area contributed by atoms with Crippen molar-refractivity contribution in [2.24, 2.45) is 0 Å². The molecule has 0 saturated carbocycles. The molecule has 2 N–H and O–H groups in total. The maximum atomic E-state index is 12.3. The molecule has 6 nitrogen and oxygen atoms in total. The third-order valence-corrected chi connectivity index (χ3v) is 4.78. The second-order valence-corrected chi connectivity index (χ2v) is 6.72. The highest BCUT2D eigenvalue weighted by Gasteiger charge is 2.23. The van der Waals surface area contributed by atoms with E-state index in [0.717, 1.165) is 24.4 Å². The number of urea groups is 1. The molecule has 0 aromatic heterocycles. The van der Waals surface area contributed by atoms with Gasteiger partial charge in [-0.3, -0.25) is 4.90 Å². The molecular weight excluding hydrogens is 366 g/mol. The Hall–Kier alpha value is -2.28. The fourth-order valence-corrected chi connectivity index (χ4v) is 3.22. The van der Waals surface area contributed by atoms with Gasteiger partial charge < -0.3 is 20.1 Å². The molecule has 2 aromatic carbocycles. The third kappa shape index (κ3) is 5.60. The lowest BCUT2D eigenvalue weighted by Crippen LogP contribution is -2.44. The van der Waals surface area contributed by atoms with Crippen molar-refractivity contribution in [2.45, 2.75) is 6.04 Å². The van der Waals surface area contributed by atoms with Crippen molar-refractivity contribution in [3.8, 4) is 5.75 Å². The van der Waals surface area contributed by atoms with Crippen LogP contribution >= 0.6 is 11.6 Å². The second-order valence-electron chi connectivity index (χ2n) is 6.28. The highest BCUT2D eigenvalue weighted by atomic mass is 35.5. The van der Waals surface area contributed by atoms with Gasteiger partial charge in [0.25, 0.3) is 0 Å². The summed E-state index contributed by atoms with van der Waals surface area (Å²) in [4.78, 5) is 14.6. The molecule has 1 saturated heterocycles. The zero-order chi connectivity index (χ0) is 19.1. The number of ether oxygens (including phenoxy) is 2. The van der Waals surface area contributed by atoms with Crippen molar-refractivity contribution in [3.63, 3.8) is 0 Å². The van der Waals surface area contributed by atoms with E-state index < -0.39 is 0 Å². The third-order valence-electron chi connectivity index (χ3n) is 4.52. The van der Waals surface area contributed by atoms with Crippen LogP contribution in [0.4, 0.5) is 10.5 Å². The summed E-state index contributed by atoms with van der Waals surface area (Å²) in [5.41, 5.74) is 1.80. The maximum Gasteiger partial charge on any atom is 0.319 e. The Morgan fingerprint density at radius 3 is 2.67 bits per heavy atom. The van der Waals surface area contributed by atoms with Crippen LogP contribution in [0.3, 0.4) is 0 Å². The Kier molecular flexibility index (Phi) is 6.92. The van der Waals surface area contributed by atoms with Crippen molar-refractivity contribution in [1.29, 1.82) is 0 Å². The van der Waals surface area contributed by atoms with Gasteiger partial charge in [-0.05, 0) is 42.0 Å². The number of halogens is 1. The summed E-state index contributed by atoms with van der Waals surface area (Å²) in [6, 6.07) is 14.8. The highest BCUT2D eigenvalue weighted by molar-refractivity contribution is 6.30. The molecule has 2 amide bonds. The molecule has 3 rings (SSSR count). The van der Waals surface area contributed by atoms with Crippen LogP contribution in [0.1, 0.15) is 11.6 Å². The number of anilines is 1. The van der Waals surface area contributed by atoms with Gasteiger partial charge >= 0.3 is 6.03 Å². The molecule has 1 fully saturated rings. The minimum absolute atomic E-state index is 0.0416. The number of nitrogens with one attached hydrogen (secondary N) is 2. The lowest BCUT2D eigenvalue weighted by atomic mass is 10.0. The normalized spacial score (nSPS) is 15.8. The fourth-order valence-electron chi connectivity index (χ4n) is 3.09. The second kappa shape index (κ2) is 9.60. The molecule has 0 aliphatic carbocycles. The average Bonchev–Trinajstić information content (AvgIpc) is 2.71. The lowest BCUT2D eigenvalue weighted by Gasteiger charge is -2.35. The first-order chi connectivity index (χ1) is 13.2. The number of hydrogen-bond acceptors (Lipinski definition) is 4. The molecule has 144 valence electrons. The van der Waals surface area contributed by atoms with Gasteiger partial charge in [0.1, 0.15) is 5.75 Å². The molecule has 1 aliphatic heterocycles. The van der Waals surface area contributed by atoms with E-state index in [1.807, 2.05) is 18.2 Å². The number of methoxy groups -OCH3 is 1. The van der Waals surface area contributed by atoms with Gasteiger partial charge in [0.2, 0.25) is 0 Å². The van der Waals surface area contributed by atoms with Gasteiger partial charge in [-0.15, -0.1) is 0 Å². The van der Waals surface area contributed by atoms with Crippen LogP contribution in [0, 0.1) is 0 Å². The average molecular weight is 390 g/mol. The van der Waals surface area contributed by atoms with Gasteiger partial charge in [0.05, 0.1) is 26.4 Å². The van der Waals surface area contributed by atoms with Crippen molar-refractivity contribution < 1.29 is 14.3 Å².